The van der Waals surface area contributed by atoms with E-state index in [9.17, 15) is 18.0 Å². The number of pyridine rings is 1. The second-order valence-electron chi connectivity index (χ2n) is 5.08. The molecule has 2 aromatic heterocycles. The monoisotopic (exact) mass is 340 g/mol. The molecule has 0 aliphatic rings. The van der Waals surface area contributed by atoms with Gasteiger partial charge in [-0.3, -0.25) is 4.79 Å². The number of alkyl halides is 3. The number of halogens is 3. The molecule has 6 nitrogen and oxygen atoms in total. The predicted octanol–water partition coefficient (Wildman–Crippen LogP) is 2.36. The molecule has 2 aromatic rings. The van der Waals surface area contributed by atoms with Gasteiger partial charge in [-0.2, -0.15) is 13.2 Å². The third kappa shape index (κ3) is 5.18. The number of carbonyl (C=O) groups excluding carboxylic acids is 1. The Bertz CT molecular complexity index is 735. The quantitative estimate of drug-likeness (QED) is 0.904. The summed E-state index contributed by atoms with van der Waals surface area (Å²) in [6.45, 7) is 2.20. The first-order valence-electron chi connectivity index (χ1n) is 6.96. The van der Waals surface area contributed by atoms with Gasteiger partial charge in [-0.05, 0) is 31.0 Å². The molecule has 0 spiro atoms. The smallest absolute Gasteiger partial charge is 0.422 e. The van der Waals surface area contributed by atoms with Gasteiger partial charge in [0.25, 0.3) is 5.91 Å². The highest BCUT2D eigenvalue weighted by Crippen LogP contribution is 2.19. The van der Waals surface area contributed by atoms with E-state index in [0.717, 1.165) is 0 Å². The maximum Gasteiger partial charge on any atom is 0.422 e. The lowest BCUT2D eigenvalue weighted by Crippen LogP contribution is -2.24. The highest BCUT2D eigenvalue weighted by molar-refractivity contribution is 5.92. The number of aromatic nitrogens is 3. The summed E-state index contributed by atoms with van der Waals surface area (Å²) in [4.78, 5) is 23.6. The Labute approximate surface area is 136 Å². The number of hydrogen-bond donors (Lipinski definition) is 1. The van der Waals surface area contributed by atoms with Crippen LogP contribution in [0.25, 0.3) is 0 Å². The molecule has 1 N–H and O–H groups in total. The summed E-state index contributed by atoms with van der Waals surface area (Å²) < 4.78 is 40.9. The van der Waals surface area contributed by atoms with Gasteiger partial charge in [-0.25, -0.2) is 15.0 Å². The number of nitrogens with zero attached hydrogens (tertiary/aromatic N) is 3. The summed E-state index contributed by atoms with van der Waals surface area (Å²) in [5.74, 6) is -0.497. The van der Waals surface area contributed by atoms with E-state index in [4.69, 9.17) is 0 Å². The Kier molecular flexibility index (Phi) is 5.32. The van der Waals surface area contributed by atoms with E-state index in [0.29, 0.717) is 16.8 Å². The highest BCUT2D eigenvalue weighted by atomic mass is 19.4. The Morgan fingerprint density at radius 1 is 1.21 bits per heavy atom. The van der Waals surface area contributed by atoms with Crippen molar-refractivity contribution in [1.82, 2.24) is 20.3 Å². The van der Waals surface area contributed by atoms with Crippen LogP contribution in [0.1, 0.15) is 27.3 Å². The Morgan fingerprint density at radius 3 is 2.58 bits per heavy atom. The van der Waals surface area contributed by atoms with Gasteiger partial charge in [0.15, 0.2) is 6.61 Å². The maximum atomic E-state index is 12.1. The molecule has 24 heavy (non-hydrogen) atoms. The van der Waals surface area contributed by atoms with Crippen LogP contribution in [0.2, 0.25) is 0 Å². The van der Waals surface area contributed by atoms with Crippen LogP contribution in [0.3, 0.4) is 0 Å². The zero-order chi connectivity index (χ0) is 17.7. The molecule has 0 fully saturated rings. The van der Waals surface area contributed by atoms with Gasteiger partial charge in [0, 0.05) is 24.5 Å². The van der Waals surface area contributed by atoms with Crippen LogP contribution >= 0.6 is 0 Å². The molecule has 0 saturated heterocycles. The minimum Gasteiger partial charge on any atom is -0.468 e. The Morgan fingerprint density at radius 2 is 1.96 bits per heavy atom. The van der Waals surface area contributed by atoms with Crippen LogP contribution < -0.4 is 10.1 Å². The second kappa shape index (κ2) is 7.24. The zero-order valence-electron chi connectivity index (χ0n) is 13.0. The molecule has 9 heteroatoms. The van der Waals surface area contributed by atoms with Gasteiger partial charge in [0.2, 0.25) is 5.88 Å². The fourth-order valence-corrected chi connectivity index (χ4v) is 1.82. The van der Waals surface area contributed by atoms with Gasteiger partial charge in [-0.1, -0.05) is 0 Å². The first kappa shape index (κ1) is 17.6. The average Bonchev–Trinajstić information content (AvgIpc) is 2.51. The number of carbonyl (C=O) groups is 1. The number of nitrogens with one attached hydrogen (secondary N) is 1. The number of aryl methyl sites for hydroxylation is 2. The molecule has 0 aromatic carbocycles. The molecule has 128 valence electrons. The molecule has 2 rings (SSSR count). The molecule has 0 saturated carbocycles. The molecule has 0 unspecified atom stereocenters. The van der Waals surface area contributed by atoms with Crippen molar-refractivity contribution in [1.29, 1.82) is 0 Å². The fraction of sp³-hybridized carbons (Fsp3) is 0.333. The Hall–Kier alpha value is -2.71. The highest BCUT2D eigenvalue weighted by Gasteiger charge is 2.28. The van der Waals surface area contributed by atoms with Gasteiger partial charge in [0.1, 0.15) is 12.0 Å². The number of rotatable bonds is 5. The molecule has 0 aliphatic carbocycles. The standard InChI is InChI=1S/C15H15F3N4O2/c1-9-3-13(24-7-15(16,17)18)19-5-11(9)6-20-14(23)12-4-10(2)21-8-22-12/h3-5,8H,6-7H2,1-2H3,(H,20,23). The second-order valence-corrected chi connectivity index (χ2v) is 5.08. The minimum atomic E-state index is -4.42. The van der Waals surface area contributed by atoms with E-state index in [2.05, 4.69) is 25.0 Å². The first-order chi connectivity index (χ1) is 11.2. The zero-order valence-corrected chi connectivity index (χ0v) is 13.0. The Balaban J connectivity index is 1.96. The molecule has 2 heterocycles. The van der Waals surface area contributed by atoms with E-state index in [1.54, 1.807) is 19.9 Å². The van der Waals surface area contributed by atoms with Crippen LogP contribution in [-0.4, -0.2) is 33.6 Å². The van der Waals surface area contributed by atoms with Crippen molar-refractivity contribution in [2.45, 2.75) is 26.6 Å². The summed E-state index contributed by atoms with van der Waals surface area (Å²) in [5.41, 5.74) is 2.22. The molecule has 0 aliphatic heterocycles. The summed E-state index contributed by atoms with van der Waals surface area (Å²) in [6.07, 6.45) is -1.76. The van der Waals surface area contributed by atoms with Crippen molar-refractivity contribution in [2.75, 3.05) is 6.61 Å². The van der Waals surface area contributed by atoms with Gasteiger partial charge >= 0.3 is 6.18 Å². The van der Waals surface area contributed by atoms with Crippen LogP contribution in [-0.2, 0) is 6.54 Å². The van der Waals surface area contributed by atoms with Crippen LogP contribution in [0.4, 0.5) is 13.2 Å². The van der Waals surface area contributed by atoms with E-state index in [1.165, 1.54) is 18.6 Å². The average molecular weight is 340 g/mol. The predicted molar refractivity (Wildman–Crippen MR) is 78.5 cm³/mol. The van der Waals surface area contributed by atoms with Gasteiger partial charge in [-0.15, -0.1) is 0 Å². The van der Waals surface area contributed by atoms with E-state index in [-0.39, 0.29) is 24.0 Å². The number of amides is 1. The third-order valence-electron chi connectivity index (χ3n) is 3.05. The lowest BCUT2D eigenvalue weighted by atomic mass is 10.1. The topological polar surface area (TPSA) is 77.0 Å². The molecule has 1 amide bonds. The van der Waals surface area contributed by atoms with Crippen molar-refractivity contribution in [3.8, 4) is 5.88 Å². The minimum absolute atomic E-state index is 0.119. The van der Waals surface area contributed by atoms with Crippen LogP contribution in [0, 0.1) is 13.8 Å². The summed E-state index contributed by atoms with van der Waals surface area (Å²) in [6, 6.07) is 2.94. The summed E-state index contributed by atoms with van der Waals surface area (Å²) >= 11 is 0. The first-order valence-corrected chi connectivity index (χ1v) is 6.96. The van der Waals surface area contributed by atoms with Crippen LogP contribution in [0.5, 0.6) is 5.88 Å². The molecule has 0 atom stereocenters. The largest absolute Gasteiger partial charge is 0.468 e. The van der Waals surface area contributed by atoms with Crippen molar-refractivity contribution >= 4 is 5.91 Å². The SMILES string of the molecule is Cc1cc(C(=O)NCc2cnc(OCC(F)(F)F)cc2C)ncn1. The van der Waals surface area contributed by atoms with Gasteiger partial charge < -0.3 is 10.1 Å². The third-order valence-corrected chi connectivity index (χ3v) is 3.05. The summed E-state index contributed by atoms with van der Waals surface area (Å²) in [5, 5.41) is 2.67. The number of hydrogen-bond acceptors (Lipinski definition) is 5. The van der Waals surface area contributed by atoms with Crippen molar-refractivity contribution in [3.05, 3.63) is 47.2 Å². The lowest BCUT2D eigenvalue weighted by molar-refractivity contribution is -0.154. The normalized spacial score (nSPS) is 11.2. The molecular weight excluding hydrogens is 325 g/mol. The molecular formula is C15H15F3N4O2. The fourth-order valence-electron chi connectivity index (χ4n) is 1.82. The molecule has 0 radical (unpaired) electrons. The van der Waals surface area contributed by atoms with Crippen LogP contribution in [0.15, 0.2) is 24.7 Å². The van der Waals surface area contributed by atoms with E-state index in [1.807, 2.05) is 0 Å². The van der Waals surface area contributed by atoms with E-state index >= 15 is 0 Å². The van der Waals surface area contributed by atoms with Crippen molar-refractivity contribution in [2.24, 2.45) is 0 Å². The van der Waals surface area contributed by atoms with Crippen molar-refractivity contribution < 1.29 is 22.7 Å². The van der Waals surface area contributed by atoms with E-state index < -0.39 is 12.8 Å². The maximum absolute atomic E-state index is 12.1. The van der Waals surface area contributed by atoms with Gasteiger partial charge in [0.05, 0.1) is 0 Å². The number of ether oxygens (including phenoxy) is 1. The lowest BCUT2D eigenvalue weighted by Gasteiger charge is -2.11. The van der Waals surface area contributed by atoms with Crippen molar-refractivity contribution in [3.63, 3.8) is 0 Å². The molecule has 0 bridgehead atoms. The summed E-state index contributed by atoms with van der Waals surface area (Å²) in [7, 11) is 0.